The third kappa shape index (κ3) is 4.46. The van der Waals surface area contributed by atoms with Crippen LogP contribution in [0, 0.1) is 13.8 Å². The highest BCUT2D eigenvalue weighted by Crippen LogP contribution is 2.19. The van der Waals surface area contributed by atoms with Crippen molar-refractivity contribution in [2.75, 3.05) is 11.9 Å². The van der Waals surface area contributed by atoms with Gasteiger partial charge >= 0.3 is 0 Å². The molecule has 0 saturated heterocycles. The second kappa shape index (κ2) is 7.63. The molecule has 1 heterocycles. The van der Waals surface area contributed by atoms with Crippen molar-refractivity contribution < 1.29 is 17.6 Å². The molecule has 0 aliphatic heterocycles. The first-order valence-electron chi connectivity index (χ1n) is 7.81. The normalized spacial score (nSPS) is 11.5. The zero-order valence-electron chi connectivity index (χ0n) is 14.0. The Bertz CT molecular complexity index is 825. The summed E-state index contributed by atoms with van der Waals surface area (Å²) < 4.78 is 32.4. The molecule has 0 bridgehead atoms. The van der Waals surface area contributed by atoms with E-state index in [0.29, 0.717) is 29.3 Å². The first-order chi connectivity index (χ1) is 11.3. The monoisotopic (exact) mass is 350 g/mol. The lowest BCUT2D eigenvalue weighted by molar-refractivity contribution is 0.102. The number of amides is 1. The van der Waals surface area contributed by atoms with Gasteiger partial charge in [-0.25, -0.2) is 13.1 Å². The topological polar surface area (TPSA) is 88.4 Å². The Morgan fingerprint density at radius 1 is 1.21 bits per heavy atom. The molecular weight excluding hydrogens is 328 g/mol. The molecule has 0 radical (unpaired) electrons. The van der Waals surface area contributed by atoms with Crippen LogP contribution in [-0.2, 0) is 10.0 Å². The molecule has 7 heteroatoms. The molecule has 0 atom stereocenters. The standard InChI is InChI=1S/C17H22N2O4S/c1-4-5-9-18-24(21,22)15-8-6-7-14(11-15)19-17(20)16-10-12(2)23-13(16)3/h6-8,10-11,18H,4-5,9H2,1-3H3,(H,19,20). The minimum absolute atomic E-state index is 0.122. The van der Waals surface area contributed by atoms with Crippen LogP contribution in [0.1, 0.15) is 41.6 Å². The number of benzene rings is 1. The number of carbonyl (C=O) groups excluding carboxylic acids is 1. The van der Waals surface area contributed by atoms with E-state index in [9.17, 15) is 13.2 Å². The maximum Gasteiger partial charge on any atom is 0.259 e. The number of hydrogen-bond donors (Lipinski definition) is 2. The molecule has 1 aromatic carbocycles. The zero-order chi connectivity index (χ0) is 17.7. The lowest BCUT2D eigenvalue weighted by Crippen LogP contribution is -2.24. The molecule has 2 rings (SSSR count). The SMILES string of the molecule is CCCCNS(=O)(=O)c1cccc(NC(=O)c2cc(C)oc2C)c1. The minimum Gasteiger partial charge on any atom is -0.466 e. The highest BCUT2D eigenvalue weighted by Gasteiger charge is 2.16. The quantitative estimate of drug-likeness (QED) is 0.750. The maximum absolute atomic E-state index is 12.3. The molecule has 0 aliphatic carbocycles. The van der Waals surface area contributed by atoms with Gasteiger partial charge in [-0.1, -0.05) is 19.4 Å². The number of nitrogens with one attached hydrogen (secondary N) is 2. The minimum atomic E-state index is -3.58. The number of sulfonamides is 1. The smallest absolute Gasteiger partial charge is 0.259 e. The molecule has 0 spiro atoms. The Morgan fingerprint density at radius 2 is 1.96 bits per heavy atom. The fourth-order valence-corrected chi connectivity index (χ4v) is 3.38. The molecule has 0 unspecified atom stereocenters. The van der Waals surface area contributed by atoms with Gasteiger partial charge in [0.15, 0.2) is 0 Å². The van der Waals surface area contributed by atoms with Crippen molar-refractivity contribution in [1.82, 2.24) is 4.72 Å². The summed E-state index contributed by atoms with van der Waals surface area (Å²) in [6.07, 6.45) is 1.68. The number of rotatable bonds is 7. The summed E-state index contributed by atoms with van der Waals surface area (Å²) in [6.45, 7) is 5.85. The third-order valence-electron chi connectivity index (χ3n) is 3.51. The van der Waals surface area contributed by atoms with E-state index >= 15 is 0 Å². The number of aryl methyl sites for hydroxylation is 2. The van der Waals surface area contributed by atoms with Crippen LogP contribution in [0.4, 0.5) is 5.69 Å². The summed E-state index contributed by atoms with van der Waals surface area (Å²) >= 11 is 0. The van der Waals surface area contributed by atoms with Crippen molar-refractivity contribution in [1.29, 1.82) is 0 Å². The second-order valence-corrected chi connectivity index (χ2v) is 7.33. The van der Waals surface area contributed by atoms with E-state index in [2.05, 4.69) is 10.0 Å². The van der Waals surface area contributed by atoms with Gasteiger partial charge in [0.25, 0.3) is 5.91 Å². The number of furan rings is 1. The van der Waals surface area contributed by atoms with E-state index in [-0.39, 0.29) is 10.8 Å². The lowest BCUT2D eigenvalue weighted by atomic mass is 10.2. The van der Waals surface area contributed by atoms with Crippen molar-refractivity contribution in [3.05, 3.63) is 47.4 Å². The average Bonchev–Trinajstić information content (AvgIpc) is 2.86. The lowest BCUT2D eigenvalue weighted by Gasteiger charge is -2.09. The van der Waals surface area contributed by atoms with Crippen LogP contribution in [0.5, 0.6) is 0 Å². The van der Waals surface area contributed by atoms with Gasteiger partial charge in [0.2, 0.25) is 10.0 Å². The molecule has 2 N–H and O–H groups in total. The van der Waals surface area contributed by atoms with E-state index in [1.54, 1.807) is 32.0 Å². The van der Waals surface area contributed by atoms with E-state index in [1.807, 2.05) is 6.92 Å². The van der Waals surface area contributed by atoms with Gasteiger partial charge in [-0.2, -0.15) is 0 Å². The zero-order valence-corrected chi connectivity index (χ0v) is 14.9. The van der Waals surface area contributed by atoms with Gasteiger partial charge in [-0.05, 0) is 44.5 Å². The van der Waals surface area contributed by atoms with Gasteiger partial charge in [0.05, 0.1) is 10.5 Å². The summed E-state index contributed by atoms with van der Waals surface area (Å²) in [6, 6.07) is 7.83. The fourth-order valence-electron chi connectivity index (χ4n) is 2.26. The summed E-state index contributed by atoms with van der Waals surface area (Å²) in [5, 5.41) is 2.70. The molecule has 0 saturated carbocycles. The van der Waals surface area contributed by atoms with Crippen molar-refractivity contribution in [3.8, 4) is 0 Å². The van der Waals surface area contributed by atoms with Crippen molar-refractivity contribution in [3.63, 3.8) is 0 Å². The van der Waals surface area contributed by atoms with Gasteiger partial charge < -0.3 is 9.73 Å². The average molecular weight is 350 g/mol. The molecule has 24 heavy (non-hydrogen) atoms. The Morgan fingerprint density at radius 3 is 2.58 bits per heavy atom. The second-order valence-electron chi connectivity index (χ2n) is 5.56. The molecule has 0 aliphatic rings. The number of anilines is 1. The predicted molar refractivity (Wildman–Crippen MR) is 92.7 cm³/mol. The maximum atomic E-state index is 12.3. The predicted octanol–water partition coefficient (Wildman–Crippen LogP) is 3.23. The van der Waals surface area contributed by atoms with Crippen molar-refractivity contribution in [2.24, 2.45) is 0 Å². The Kier molecular flexibility index (Phi) is 5.80. The van der Waals surface area contributed by atoms with Gasteiger partial charge in [0, 0.05) is 12.2 Å². The van der Waals surface area contributed by atoms with Crippen LogP contribution in [0.2, 0.25) is 0 Å². The van der Waals surface area contributed by atoms with Gasteiger partial charge in [0.1, 0.15) is 11.5 Å². The third-order valence-corrected chi connectivity index (χ3v) is 4.97. The summed E-state index contributed by atoms with van der Waals surface area (Å²) in [5.41, 5.74) is 0.846. The molecule has 1 amide bonds. The number of hydrogen-bond acceptors (Lipinski definition) is 4. The van der Waals surface area contributed by atoms with Crippen LogP contribution in [0.15, 0.2) is 39.6 Å². The Hall–Kier alpha value is -2.12. The van der Waals surface area contributed by atoms with Crippen LogP contribution < -0.4 is 10.0 Å². The number of carbonyl (C=O) groups is 1. The summed E-state index contributed by atoms with van der Waals surface area (Å²) in [5.74, 6) is 0.835. The molecule has 1 aromatic heterocycles. The van der Waals surface area contributed by atoms with Gasteiger partial charge in [-0.15, -0.1) is 0 Å². The highest BCUT2D eigenvalue weighted by molar-refractivity contribution is 7.89. The fraction of sp³-hybridized carbons (Fsp3) is 0.353. The molecule has 6 nitrogen and oxygen atoms in total. The Balaban J connectivity index is 2.15. The first-order valence-corrected chi connectivity index (χ1v) is 9.30. The number of unbranched alkanes of at least 4 members (excludes halogenated alkanes) is 1. The van der Waals surface area contributed by atoms with E-state index in [4.69, 9.17) is 4.42 Å². The van der Waals surface area contributed by atoms with Crippen LogP contribution in [0.25, 0.3) is 0 Å². The summed E-state index contributed by atoms with van der Waals surface area (Å²) in [7, 11) is -3.58. The van der Waals surface area contributed by atoms with Gasteiger partial charge in [-0.3, -0.25) is 4.79 Å². The first kappa shape index (κ1) is 18.2. The highest BCUT2D eigenvalue weighted by atomic mass is 32.2. The Labute approximate surface area is 142 Å². The van der Waals surface area contributed by atoms with E-state index < -0.39 is 10.0 Å². The van der Waals surface area contributed by atoms with E-state index in [0.717, 1.165) is 12.8 Å². The van der Waals surface area contributed by atoms with Crippen molar-refractivity contribution in [2.45, 2.75) is 38.5 Å². The summed E-state index contributed by atoms with van der Waals surface area (Å²) in [4.78, 5) is 12.4. The van der Waals surface area contributed by atoms with Crippen molar-refractivity contribution >= 4 is 21.6 Å². The molecular formula is C17H22N2O4S. The van der Waals surface area contributed by atoms with Crippen LogP contribution in [-0.4, -0.2) is 20.9 Å². The van der Waals surface area contributed by atoms with Crippen LogP contribution in [0.3, 0.4) is 0 Å². The van der Waals surface area contributed by atoms with E-state index in [1.165, 1.54) is 12.1 Å². The van der Waals surface area contributed by atoms with Crippen LogP contribution >= 0.6 is 0 Å². The molecule has 0 fully saturated rings. The molecule has 130 valence electrons. The molecule has 2 aromatic rings. The largest absolute Gasteiger partial charge is 0.466 e.